The Bertz CT molecular complexity index is 1060. The first-order valence-corrected chi connectivity index (χ1v) is 13.2. The molecule has 0 aromatic heterocycles. The Balaban J connectivity index is 1.43. The van der Waals surface area contributed by atoms with E-state index in [1.165, 1.54) is 22.5 Å². The van der Waals surface area contributed by atoms with E-state index in [1.807, 2.05) is 0 Å². The smallest absolute Gasteiger partial charge is 0.255 e. The summed E-state index contributed by atoms with van der Waals surface area (Å²) in [5.74, 6) is 0.275. The maximum atomic E-state index is 13.1. The highest BCUT2D eigenvalue weighted by atomic mass is 35.5. The van der Waals surface area contributed by atoms with Crippen LogP contribution in [-0.4, -0.2) is 51.0 Å². The van der Waals surface area contributed by atoms with Crippen LogP contribution in [0, 0.1) is 0 Å². The van der Waals surface area contributed by atoms with Gasteiger partial charge in [-0.15, -0.1) is 0 Å². The third-order valence-corrected chi connectivity index (χ3v) is 8.19. The second-order valence-electron chi connectivity index (χ2n) is 8.38. The van der Waals surface area contributed by atoms with Gasteiger partial charge in [0.25, 0.3) is 5.91 Å². The molecule has 0 radical (unpaired) electrons. The van der Waals surface area contributed by atoms with E-state index in [2.05, 4.69) is 5.32 Å². The van der Waals surface area contributed by atoms with E-state index in [9.17, 15) is 13.2 Å². The van der Waals surface area contributed by atoms with E-state index in [4.69, 9.17) is 21.1 Å². The standard InChI is InChI=1S/C24H29ClN2O5S/c25-22-12-11-21(33(29,30)27-13-3-1-2-4-14-27)16-23(22)26-24(28)18-7-9-19(10-8-18)32-17-20-6-5-15-31-20/h7-12,16,20H,1-6,13-15,17H2,(H,26,28)/t20-/m0/s1. The fraction of sp³-hybridized carbons (Fsp3) is 0.458. The molecule has 1 atom stereocenters. The molecular weight excluding hydrogens is 464 g/mol. The lowest BCUT2D eigenvalue weighted by Gasteiger charge is -2.20. The molecule has 178 valence electrons. The van der Waals surface area contributed by atoms with E-state index in [1.54, 1.807) is 24.3 Å². The van der Waals surface area contributed by atoms with Crippen molar-refractivity contribution in [1.29, 1.82) is 0 Å². The lowest BCUT2D eigenvalue weighted by molar-refractivity contribution is 0.0679. The van der Waals surface area contributed by atoms with Crippen molar-refractivity contribution in [2.45, 2.75) is 49.5 Å². The van der Waals surface area contributed by atoms with E-state index in [-0.39, 0.29) is 27.6 Å². The van der Waals surface area contributed by atoms with Crippen molar-refractivity contribution >= 4 is 33.2 Å². The third-order valence-electron chi connectivity index (χ3n) is 5.97. The predicted octanol–water partition coefficient (Wildman–Crippen LogP) is 4.71. The van der Waals surface area contributed by atoms with Gasteiger partial charge in [0.05, 0.1) is 21.7 Å². The molecule has 9 heteroatoms. The van der Waals surface area contributed by atoms with Crippen LogP contribution in [0.4, 0.5) is 5.69 Å². The van der Waals surface area contributed by atoms with Crippen LogP contribution in [0.5, 0.6) is 5.75 Å². The lowest BCUT2D eigenvalue weighted by atomic mass is 10.2. The maximum Gasteiger partial charge on any atom is 0.255 e. The molecule has 1 amide bonds. The van der Waals surface area contributed by atoms with Crippen molar-refractivity contribution in [1.82, 2.24) is 4.31 Å². The number of benzene rings is 2. The van der Waals surface area contributed by atoms with Gasteiger partial charge in [-0.25, -0.2) is 8.42 Å². The van der Waals surface area contributed by atoms with Crippen molar-refractivity contribution in [3.63, 3.8) is 0 Å². The highest BCUT2D eigenvalue weighted by Gasteiger charge is 2.26. The predicted molar refractivity (Wildman–Crippen MR) is 128 cm³/mol. The molecule has 2 heterocycles. The summed E-state index contributed by atoms with van der Waals surface area (Å²) in [5, 5.41) is 3.01. The van der Waals surface area contributed by atoms with Crippen molar-refractivity contribution in [3.8, 4) is 5.75 Å². The molecule has 7 nitrogen and oxygen atoms in total. The highest BCUT2D eigenvalue weighted by Crippen LogP contribution is 2.29. The van der Waals surface area contributed by atoms with Crippen LogP contribution in [0.3, 0.4) is 0 Å². The summed E-state index contributed by atoms with van der Waals surface area (Å²) in [7, 11) is -3.65. The lowest BCUT2D eigenvalue weighted by Crippen LogP contribution is -2.32. The van der Waals surface area contributed by atoms with Crippen molar-refractivity contribution < 1.29 is 22.7 Å². The van der Waals surface area contributed by atoms with E-state index < -0.39 is 10.0 Å². The first-order valence-electron chi connectivity index (χ1n) is 11.4. The Kier molecular flexibility index (Phi) is 7.90. The van der Waals surface area contributed by atoms with Gasteiger partial charge in [0.15, 0.2) is 0 Å². The second-order valence-corrected chi connectivity index (χ2v) is 10.7. The SMILES string of the molecule is O=C(Nc1cc(S(=O)(=O)N2CCCCCC2)ccc1Cl)c1ccc(OC[C@@H]2CCCO2)cc1. The number of hydrogen-bond acceptors (Lipinski definition) is 5. The van der Waals surface area contributed by atoms with Gasteiger partial charge in [0.2, 0.25) is 10.0 Å². The number of nitrogens with zero attached hydrogens (tertiary/aromatic N) is 1. The quantitative estimate of drug-likeness (QED) is 0.604. The number of sulfonamides is 1. The van der Waals surface area contributed by atoms with Crippen molar-refractivity contribution in [2.24, 2.45) is 0 Å². The fourth-order valence-corrected chi connectivity index (χ4v) is 5.76. The van der Waals surface area contributed by atoms with Crippen LogP contribution in [0.1, 0.15) is 48.9 Å². The Hall–Kier alpha value is -2.13. The summed E-state index contributed by atoms with van der Waals surface area (Å²) in [6.07, 6.45) is 5.93. The number of hydrogen-bond donors (Lipinski definition) is 1. The number of carbonyl (C=O) groups excluding carboxylic acids is 1. The first kappa shape index (κ1) is 24.0. The zero-order chi connectivity index (χ0) is 23.3. The molecule has 2 saturated heterocycles. The van der Waals surface area contributed by atoms with Crippen LogP contribution < -0.4 is 10.1 Å². The van der Waals surface area contributed by atoms with Crippen LogP contribution in [0.15, 0.2) is 47.4 Å². The second kappa shape index (κ2) is 10.9. The molecule has 0 aliphatic carbocycles. The van der Waals surface area contributed by atoms with Gasteiger partial charge >= 0.3 is 0 Å². The van der Waals surface area contributed by atoms with Gasteiger partial charge < -0.3 is 14.8 Å². The minimum Gasteiger partial charge on any atom is -0.491 e. The minimum atomic E-state index is -3.65. The molecule has 4 rings (SSSR count). The van der Waals surface area contributed by atoms with Gasteiger partial charge in [-0.1, -0.05) is 24.4 Å². The molecule has 2 aromatic carbocycles. The first-order chi connectivity index (χ1) is 15.9. The van der Waals surface area contributed by atoms with E-state index >= 15 is 0 Å². The van der Waals surface area contributed by atoms with Crippen LogP contribution in [-0.2, 0) is 14.8 Å². The Morgan fingerprint density at radius 1 is 1.06 bits per heavy atom. The summed E-state index contributed by atoms with van der Waals surface area (Å²) in [6, 6.07) is 11.2. The Labute approximate surface area is 200 Å². The van der Waals surface area contributed by atoms with Crippen LogP contribution in [0.25, 0.3) is 0 Å². The van der Waals surface area contributed by atoms with Gasteiger partial charge in [-0.05, 0) is 68.1 Å². The molecule has 2 aromatic rings. The molecule has 1 N–H and O–H groups in total. The summed E-state index contributed by atoms with van der Waals surface area (Å²) in [6.45, 7) is 2.28. The number of rotatable bonds is 7. The summed E-state index contributed by atoms with van der Waals surface area (Å²) >= 11 is 6.26. The zero-order valence-corrected chi connectivity index (χ0v) is 20.0. The molecule has 0 spiro atoms. The van der Waals surface area contributed by atoms with Gasteiger partial charge in [0.1, 0.15) is 12.4 Å². The van der Waals surface area contributed by atoms with Crippen LogP contribution in [0.2, 0.25) is 5.02 Å². The summed E-state index contributed by atoms with van der Waals surface area (Å²) in [5.41, 5.74) is 0.674. The van der Waals surface area contributed by atoms with Gasteiger partial charge in [0, 0.05) is 25.3 Å². The molecule has 0 unspecified atom stereocenters. The number of anilines is 1. The maximum absolute atomic E-state index is 13.1. The molecule has 2 aliphatic heterocycles. The highest BCUT2D eigenvalue weighted by molar-refractivity contribution is 7.89. The normalized spacial score (nSPS) is 19.7. The number of carbonyl (C=O) groups is 1. The van der Waals surface area contributed by atoms with Gasteiger partial charge in [-0.2, -0.15) is 4.31 Å². The van der Waals surface area contributed by atoms with E-state index in [0.29, 0.717) is 31.0 Å². The molecule has 2 aliphatic rings. The van der Waals surface area contributed by atoms with Gasteiger partial charge in [-0.3, -0.25) is 4.79 Å². The van der Waals surface area contributed by atoms with E-state index in [0.717, 1.165) is 45.1 Å². The molecule has 2 fully saturated rings. The summed E-state index contributed by atoms with van der Waals surface area (Å²) in [4.78, 5) is 12.9. The summed E-state index contributed by atoms with van der Waals surface area (Å²) < 4.78 is 39.0. The topological polar surface area (TPSA) is 84.9 Å². The largest absolute Gasteiger partial charge is 0.491 e. The molecule has 0 bridgehead atoms. The number of nitrogens with one attached hydrogen (secondary N) is 1. The van der Waals surface area contributed by atoms with Crippen LogP contribution >= 0.6 is 11.6 Å². The monoisotopic (exact) mass is 492 g/mol. The number of amides is 1. The average molecular weight is 493 g/mol. The Morgan fingerprint density at radius 2 is 1.79 bits per heavy atom. The number of ether oxygens (including phenoxy) is 2. The number of halogens is 1. The third kappa shape index (κ3) is 6.06. The van der Waals surface area contributed by atoms with Crippen molar-refractivity contribution in [3.05, 3.63) is 53.1 Å². The zero-order valence-electron chi connectivity index (χ0n) is 18.5. The average Bonchev–Trinajstić information content (AvgIpc) is 3.18. The molecule has 33 heavy (non-hydrogen) atoms. The fourth-order valence-electron chi connectivity index (χ4n) is 4.05. The molecular formula is C24H29ClN2O5S. The van der Waals surface area contributed by atoms with Crippen molar-refractivity contribution in [2.75, 3.05) is 31.6 Å². The Morgan fingerprint density at radius 3 is 2.45 bits per heavy atom. The molecule has 0 saturated carbocycles. The minimum absolute atomic E-state index is 0.119.